The molecule has 1 saturated carbocycles. The lowest BCUT2D eigenvalue weighted by Crippen LogP contribution is -2.44. The summed E-state index contributed by atoms with van der Waals surface area (Å²) in [6.45, 7) is 5.05. The summed E-state index contributed by atoms with van der Waals surface area (Å²) in [5, 5.41) is 0. The Morgan fingerprint density at radius 2 is 2.33 bits per heavy atom. The summed E-state index contributed by atoms with van der Waals surface area (Å²) in [6, 6.07) is 0.515. The van der Waals surface area contributed by atoms with E-state index in [1.165, 1.54) is 12.8 Å². The van der Waals surface area contributed by atoms with Crippen molar-refractivity contribution >= 4 is 5.78 Å². The monoisotopic (exact) mass is 211 g/mol. The molecule has 2 atom stereocenters. The van der Waals surface area contributed by atoms with Crippen LogP contribution in [0.25, 0.3) is 0 Å². The van der Waals surface area contributed by atoms with Crippen molar-refractivity contribution in [2.45, 2.75) is 51.2 Å². The minimum Gasteiger partial charge on any atom is -0.377 e. The van der Waals surface area contributed by atoms with Crippen molar-refractivity contribution in [1.82, 2.24) is 4.90 Å². The molecule has 15 heavy (non-hydrogen) atoms. The number of nitrogens with zero attached hydrogens (tertiary/aromatic N) is 1. The number of carbonyl (C=O) groups excluding carboxylic acids is 1. The van der Waals surface area contributed by atoms with E-state index in [-0.39, 0.29) is 0 Å². The maximum atomic E-state index is 11.2. The maximum absolute atomic E-state index is 11.2. The van der Waals surface area contributed by atoms with Gasteiger partial charge in [-0.1, -0.05) is 0 Å². The lowest BCUT2D eigenvalue weighted by molar-refractivity contribution is -0.117. The molecule has 3 nitrogen and oxygen atoms in total. The number of carbonyl (C=O) groups is 1. The zero-order valence-electron chi connectivity index (χ0n) is 9.58. The topological polar surface area (TPSA) is 29.5 Å². The van der Waals surface area contributed by atoms with E-state index < -0.39 is 0 Å². The van der Waals surface area contributed by atoms with Crippen LogP contribution in [-0.2, 0) is 9.53 Å². The number of ketones is 1. The smallest absolute Gasteiger partial charge is 0.134 e. The van der Waals surface area contributed by atoms with Crippen molar-refractivity contribution < 1.29 is 9.53 Å². The summed E-state index contributed by atoms with van der Waals surface area (Å²) in [5.41, 5.74) is 0. The van der Waals surface area contributed by atoms with Crippen molar-refractivity contribution in [2.75, 3.05) is 19.7 Å². The van der Waals surface area contributed by atoms with Gasteiger partial charge in [-0.05, 0) is 32.7 Å². The standard InChI is InChI=1S/C12H21NO2/c1-2-15-12-4-3-7-13(9-12)10-5-6-11(14)8-10/h10,12H,2-9H2,1H3. The van der Waals surface area contributed by atoms with E-state index >= 15 is 0 Å². The van der Waals surface area contributed by atoms with Crippen LogP contribution in [0.4, 0.5) is 0 Å². The summed E-state index contributed by atoms with van der Waals surface area (Å²) >= 11 is 0. The molecule has 0 amide bonds. The van der Waals surface area contributed by atoms with Gasteiger partial charge >= 0.3 is 0 Å². The van der Waals surface area contributed by atoms with Crippen LogP contribution in [-0.4, -0.2) is 42.5 Å². The molecule has 0 bridgehead atoms. The largest absolute Gasteiger partial charge is 0.377 e. The summed E-state index contributed by atoms with van der Waals surface area (Å²) in [4.78, 5) is 13.7. The zero-order chi connectivity index (χ0) is 10.7. The molecule has 0 N–H and O–H groups in total. The van der Waals surface area contributed by atoms with Crippen LogP contribution in [0.15, 0.2) is 0 Å². The van der Waals surface area contributed by atoms with Crippen molar-refractivity contribution in [2.24, 2.45) is 0 Å². The summed E-state index contributed by atoms with van der Waals surface area (Å²) in [5.74, 6) is 0.443. The number of likely N-dealkylation sites (tertiary alicyclic amines) is 1. The highest BCUT2D eigenvalue weighted by atomic mass is 16.5. The Morgan fingerprint density at radius 1 is 1.47 bits per heavy atom. The van der Waals surface area contributed by atoms with Crippen LogP contribution in [0.5, 0.6) is 0 Å². The second-order valence-corrected chi connectivity index (χ2v) is 4.65. The summed E-state index contributed by atoms with van der Waals surface area (Å²) < 4.78 is 5.67. The first-order valence-electron chi connectivity index (χ1n) is 6.17. The molecule has 0 radical (unpaired) electrons. The minimum atomic E-state index is 0.402. The average molecular weight is 211 g/mol. The first kappa shape index (κ1) is 11.1. The number of hydrogen-bond acceptors (Lipinski definition) is 3. The van der Waals surface area contributed by atoms with Crippen molar-refractivity contribution in [3.05, 3.63) is 0 Å². The molecule has 2 rings (SSSR count). The Hall–Kier alpha value is -0.410. The van der Waals surface area contributed by atoms with Gasteiger partial charge in [0.25, 0.3) is 0 Å². The number of piperidine rings is 1. The Bertz CT molecular complexity index is 228. The van der Waals surface area contributed by atoms with Crippen LogP contribution in [0.2, 0.25) is 0 Å². The molecule has 0 aromatic carbocycles. The normalized spacial score (nSPS) is 33.5. The summed E-state index contributed by atoms with van der Waals surface area (Å²) in [6.07, 6.45) is 5.44. The quantitative estimate of drug-likeness (QED) is 0.710. The van der Waals surface area contributed by atoms with Gasteiger partial charge in [-0.3, -0.25) is 9.69 Å². The fourth-order valence-corrected chi connectivity index (χ4v) is 2.78. The van der Waals surface area contributed by atoms with E-state index in [9.17, 15) is 4.79 Å². The van der Waals surface area contributed by atoms with E-state index in [0.29, 0.717) is 17.9 Å². The van der Waals surface area contributed by atoms with Gasteiger partial charge < -0.3 is 4.74 Å². The van der Waals surface area contributed by atoms with Crippen LogP contribution >= 0.6 is 0 Å². The van der Waals surface area contributed by atoms with E-state index in [1.807, 2.05) is 0 Å². The Balaban J connectivity index is 1.84. The van der Waals surface area contributed by atoms with Gasteiger partial charge in [0.05, 0.1) is 6.10 Å². The molecule has 2 fully saturated rings. The molecule has 86 valence electrons. The molecular weight excluding hydrogens is 190 g/mol. The van der Waals surface area contributed by atoms with E-state index in [0.717, 1.165) is 39.0 Å². The SMILES string of the molecule is CCOC1CCCN(C2CCC(=O)C2)C1. The molecule has 0 spiro atoms. The van der Waals surface area contributed by atoms with Gasteiger partial charge in [0.15, 0.2) is 0 Å². The molecule has 1 heterocycles. The van der Waals surface area contributed by atoms with Crippen LogP contribution in [0, 0.1) is 0 Å². The molecule has 1 saturated heterocycles. The second kappa shape index (κ2) is 5.08. The Labute approximate surface area is 91.8 Å². The number of ether oxygens (including phenoxy) is 1. The highest BCUT2D eigenvalue weighted by Crippen LogP contribution is 2.24. The Kier molecular flexibility index (Phi) is 3.76. The third-order valence-corrected chi connectivity index (χ3v) is 3.55. The van der Waals surface area contributed by atoms with Gasteiger partial charge in [-0.15, -0.1) is 0 Å². The Morgan fingerprint density at radius 3 is 3.00 bits per heavy atom. The third-order valence-electron chi connectivity index (χ3n) is 3.55. The van der Waals surface area contributed by atoms with E-state index in [2.05, 4.69) is 11.8 Å². The maximum Gasteiger partial charge on any atom is 0.134 e. The molecule has 2 aliphatic rings. The molecule has 2 unspecified atom stereocenters. The van der Waals surface area contributed by atoms with Gasteiger partial charge in [0.2, 0.25) is 0 Å². The fraction of sp³-hybridized carbons (Fsp3) is 0.917. The lowest BCUT2D eigenvalue weighted by Gasteiger charge is -2.36. The minimum absolute atomic E-state index is 0.402. The van der Waals surface area contributed by atoms with Crippen LogP contribution in [0.3, 0.4) is 0 Å². The van der Waals surface area contributed by atoms with Gasteiger partial charge in [0.1, 0.15) is 5.78 Å². The predicted octanol–water partition coefficient (Wildman–Crippen LogP) is 1.61. The molecular formula is C12H21NO2. The van der Waals surface area contributed by atoms with Crippen LogP contribution in [0.1, 0.15) is 39.0 Å². The number of hydrogen-bond donors (Lipinski definition) is 0. The zero-order valence-corrected chi connectivity index (χ0v) is 9.58. The molecule has 0 aromatic rings. The van der Waals surface area contributed by atoms with E-state index in [1.54, 1.807) is 0 Å². The molecule has 1 aliphatic carbocycles. The lowest BCUT2D eigenvalue weighted by atomic mass is 10.0. The second-order valence-electron chi connectivity index (χ2n) is 4.65. The predicted molar refractivity (Wildman–Crippen MR) is 58.9 cm³/mol. The van der Waals surface area contributed by atoms with E-state index in [4.69, 9.17) is 4.74 Å². The third kappa shape index (κ3) is 2.79. The number of rotatable bonds is 3. The summed E-state index contributed by atoms with van der Waals surface area (Å²) in [7, 11) is 0. The molecule has 1 aliphatic heterocycles. The van der Waals surface area contributed by atoms with Crippen molar-refractivity contribution in [3.8, 4) is 0 Å². The van der Waals surface area contributed by atoms with Gasteiger partial charge in [0, 0.05) is 32.0 Å². The van der Waals surface area contributed by atoms with Crippen LogP contribution < -0.4 is 0 Å². The first-order chi connectivity index (χ1) is 7.29. The highest BCUT2D eigenvalue weighted by Gasteiger charge is 2.31. The van der Waals surface area contributed by atoms with Gasteiger partial charge in [-0.25, -0.2) is 0 Å². The first-order valence-corrected chi connectivity index (χ1v) is 6.17. The van der Waals surface area contributed by atoms with Crippen molar-refractivity contribution in [3.63, 3.8) is 0 Å². The molecule has 0 aromatic heterocycles. The fourth-order valence-electron chi connectivity index (χ4n) is 2.78. The van der Waals surface area contributed by atoms with Crippen molar-refractivity contribution in [1.29, 1.82) is 0 Å². The molecule has 3 heteroatoms. The highest BCUT2D eigenvalue weighted by molar-refractivity contribution is 5.81. The average Bonchev–Trinajstić information content (AvgIpc) is 2.66. The number of Topliss-reactive ketones (excluding diaryl/α,β-unsaturated/α-hetero) is 1. The van der Waals surface area contributed by atoms with Gasteiger partial charge in [-0.2, -0.15) is 0 Å².